The third-order valence-electron chi connectivity index (χ3n) is 3.29. The predicted octanol–water partition coefficient (Wildman–Crippen LogP) is 2.85. The van der Waals surface area contributed by atoms with E-state index in [2.05, 4.69) is 32.0 Å². The third-order valence-corrected chi connectivity index (χ3v) is 4.18. The average molecular weight is 276 g/mol. The maximum atomic E-state index is 12.1. The predicted molar refractivity (Wildman–Crippen MR) is 81.9 cm³/mol. The lowest BCUT2D eigenvalue weighted by atomic mass is 10.0. The molecule has 2 aromatic rings. The molecule has 2 rings (SSSR count). The van der Waals surface area contributed by atoms with Gasteiger partial charge in [0.1, 0.15) is 0 Å². The van der Waals surface area contributed by atoms with Gasteiger partial charge in [0.2, 0.25) is 0 Å². The minimum Gasteiger partial charge on any atom is -0.330 e. The van der Waals surface area contributed by atoms with Gasteiger partial charge in [-0.3, -0.25) is 9.36 Å². The van der Waals surface area contributed by atoms with Crippen molar-refractivity contribution in [1.29, 1.82) is 0 Å². The van der Waals surface area contributed by atoms with Gasteiger partial charge in [-0.25, -0.2) is 0 Å². The average Bonchev–Trinajstić information content (AvgIpc) is 2.62. The summed E-state index contributed by atoms with van der Waals surface area (Å²) in [6.45, 7) is 7.49. The molecule has 1 heterocycles. The molecule has 1 aromatic carbocycles. The van der Waals surface area contributed by atoms with Crippen molar-refractivity contribution >= 4 is 11.3 Å². The van der Waals surface area contributed by atoms with Gasteiger partial charge in [0.05, 0.1) is 5.69 Å². The first-order valence-electron chi connectivity index (χ1n) is 6.52. The van der Waals surface area contributed by atoms with Crippen molar-refractivity contribution < 1.29 is 0 Å². The quantitative estimate of drug-likeness (QED) is 0.933. The van der Waals surface area contributed by atoms with Crippen LogP contribution in [0.1, 0.15) is 22.4 Å². The van der Waals surface area contributed by atoms with Crippen LogP contribution in [0.25, 0.3) is 11.3 Å². The van der Waals surface area contributed by atoms with E-state index in [1.54, 1.807) is 0 Å². The van der Waals surface area contributed by atoms with E-state index in [1.165, 1.54) is 22.5 Å². The topological polar surface area (TPSA) is 48.0 Å². The summed E-state index contributed by atoms with van der Waals surface area (Å²) in [6, 6.07) is 6.36. The SMILES string of the molecule is Cc1ccc(-c2c(C)sc(=O)n2CCCN)c(C)c1. The highest BCUT2D eigenvalue weighted by Gasteiger charge is 2.15. The zero-order valence-corrected chi connectivity index (χ0v) is 12.5. The van der Waals surface area contributed by atoms with E-state index >= 15 is 0 Å². The molecule has 0 aliphatic heterocycles. The number of nitrogens with zero attached hydrogens (tertiary/aromatic N) is 1. The second-order valence-electron chi connectivity index (χ2n) is 4.89. The standard InChI is InChI=1S/C15H20N2OS/c1-10-5-6-13(11(2)9-10)14-12(3)19-15(18)17(14)8-4-7-16/h5-6,9H,4,7-8,16H2,1-3H3. The molecule has 0 amide bonds. The third kappa shape index (κ3) is 2.80. The number of aryl methyl sites for hydroxylation is 3. The van der Waals surface area contributed by atoms with Crippen LogP contribution < -0.4 is 10.6 Å². The fraction of sp³-hybridized carbons (Fsp3) is 0.400. The first kappa shape index (κ1) is 14.0. The van der Waals surface area contributed by atoms with Gasteiger partial charge in [-0.15, -0.1) is 0 Å². The zero-order valence-electron chi connectivity index (χ0n) is 11.7. The first-order chi connectivity index (χ1) is 9.04. The van der Waals surface area contributed by atoms with Gasteiger partial charge in [-0.2, -0.15) is 0 Å². The lowest BCUT2D eigenvalue weighted by Gasteiger charge is -2.11. The Morgan fingerprint density at radius 2 is 2.00 bits per heavy atom. The Kier molecular flexibility index (Phi) is 4.22. The van der Waals surface area contributed by atoms with Crippen molar-refractivity contribution in [3.8, 4) is 11.3 Å². The fourth-order valence-corrected chi connectivity index (χ4v) is 3.25. The molecule has 1 aromatic heterocycles. The number of hydrogen-bond donors (Lipinski definition) is 1. The Hall–Kier alpha value is -1.39. The van der Waals surface area contributed by atoms with E-state index < -0.39 is 0 Å². The summed E-state index contributed by atoms with van der Waals surface area (Å²) in [6.07, 6.45) is 0.827. The Balaban J connectivity index is 2.57. The summed E-state index contributed by atoms with van der Waals surface area (Å²) in [4.78, 5) is 13.2. The highest BCUT2D eigenvalue weighted by atomic mass is 32.1. The molecule has 0 unspecified atom stereocenters. The van der Waals surface area contributed by atoms with Crippen LogP contribution >= 0.6 is 11.3 Å². The van der Waals surface area contributed by atoms with Crippen molar-refractivity contribution in [2.75, 3.05) is 6.54 Å². The molecule has 0 bridgehead atoms. The molecule has 4 heteroatoms. The summed E-state index contributed by atoms with van der Waals surface area (Å²) in [7, 11) is 0. The number of rotatable bonds is 4. The van der Waals surface area contributed by atoms with Crippen molar-refractivity contribution in [3.63, 3.8) is 0 Å². The zero-order chi connectivity index (χ0) is 14.0. The Morgan fingerprint density at radius 3 is 2.63 bits per heavy atom. The van der Waals surface area contributed by atoms with Gasteiger partial charge in [0.25, 0.3) is 0 Å². The van der Waals surface area contributed by atoms with Crippen LogP contribution in [0.5, 0.6) is 0 Å². The number of hydrogen-bond acceptors (Lipinski definition) is 3. The van der Waals surface area contributed by atoms with E-state index in [0.29, 0.717) is 13.1 Å². The maximum absolute atomic E-state index is 12.1. The van der Waals surface area contributed by atoms with Crippen molar-refractivity contribution in [1.82, 2.24) is 4.57 Å². The van der Waals surface area contributed by atoms with Gasteiger partial charge in [0.15, 0.2) is 0 Å². The van der Waals surface area contributed by atoms with Gasteiger partial charge < -0.3 is 5.73 Å². The molecule has 3 nitrogen and oxygen atoms in total. The smallest absolute Gasteiger partial charge is 0.307 e. The first-order valence-corrected chi connectivity index (χ1v) is 7.34. The van der Waals surface area contributed by atoms with Crippen LogP contribution in [0.2, 0.25) is 0 Å². The van der Waals surface area contributed by atoms with Crippen molar-refractivity contribution in [2.24, 2.45) is 5.73 Å². The minimum atomic E-state index is 0.112. The number of thiazole rings is 1. The molecule has 0 saturated heterocycles. The van der Waals surface area contributed by atoms with E-state index in [9.17, 15) is 4.79 Å². The summed E-state index contributed by atoms with van der Waals surface area (Å²) in [5.41, 5.74) is 10.2. The lowest BCUT2D eigenvalue weighted by molar-refractivity contribution is 0.646. The minimum absolute atomic E-state index is 0.112. The van der Waals surface area contributed by atoms with E-state index in [0.717, 1.165) is 22.6 Å². The molecule has 0 radical (unpaired) electrons. The van der Waals surface area contributed by atoms with Crippen LogP contribution in [-0.4, -0.2) is 11.1 Å². The van der Waals surface area contributed by atoms with Crippen LogP contribution in [0.15, 0.2) is 23.0 Å². The molecule has 0 aliphatic carbocycles. The van der Waals surface area contributed by atoms with E-state index in [1.807, 2.05) is 11.5 Å². The summed E-state index contributed by atoms with van der Waals surface area (Å²) in [5, 5.41) is 0. The van der Waals surface area contributed by atoms with Gasteiger partial charge in [-0.1, -0.05) is 35.1 Å². The molecule has 102 valence electrons. The molecule has 0 aliphatic rings. The molecular formula is C15H20N2OS. The number of benzene rings is 1. The normalized spacial score (nSPS) is 10.9. The number of aromatic nitrogens is 1. The molecule has 0 saturated carbocycles. The largest absolute Gasteiger partial charge is 0.330 e. The molecule has 0 spiro atoms. The van der Waals surface area contributed by atoms with Crippen molar-refractivity contribution in [3.05, 3.63) is 43.9 Å². The number of nitrogens with two attached hydrogens (primary N) is 1. The van der Waals surface area contributed by atoms with Gasteiger partial charge >= 0.3 is 4.87 Å². The van der Waals surface area contributed by atoms with Crippen LogP contribution in [0.3, 0.4) is 0 Å². The van der Waals surface area contributed by atoms with Gasteiger partial charge in [0, 0.05) is 17.0 Å². The summed E-state index contributed by atoms with van der Waals surface area (Å²) < 4.78 is 1.87. The highest BCUT2D eigenvalue weighted by molar-refractivity contribution is 7.09. The van der Waals surface area contributed by atoms with Gasteiger partial charge in [-0.05, 0) is 39.3 Å². The summed E-state index contributed by atoms with van der Waals surface area (Å²) >= 11 is 1.32. The molecular weight excluding hydrogens is 256 g/mol. The van der Waals surface area contributed by atoms with Crippen LogP contribution in [-0.2, 0) is 6.54 Å². The monoisotopic (exact) mass is 276 g/mol. The Bertz CT molecular complexity index is 640. The molecule has 0 fully saturated rings. The molecule has 19 heavy (non-hydrogen) atoms. The second-order valence-corrected chi connectivity index (χ2v) is 6.05. The fourth-order valence-electron chi connectivity index (χ4n) is 2.38. The Morgan fingerprint density at radius 1 is 1.26 bits per heavy atom. The van der Waals surface area contributed by atoms with E-state index in [4.69, 9.17) is 5.73 Å². The lowest BCUT2D eigenvalue weighted by Crippen LogP contribution is -2.17. The molecule has 0 atom stereocenters. The van der Waals surface area contributed by atoms with Crippen LogP contribution in [0.4, 0.5) is 0 Å². The molecule has 2 N–H and O–H groups in total. The highest BCUT2D eigenvalue weighted by Crippen LogP contribution is 2.28. The van der Waals surface area contributed by atoms with E-state index in [-0.39, 0.29) is 4.87 Å². The van der Waals surface area contributed by atoms with Crippen LogP contribution in [0, 0.1) is 20.8 Å². The summed E-state index contributed by atoms with van der Waals surface area (Å²) in [5.74, 6) is 0. The maximum Gasteiger partial charge on any atom is 0.307 e. The van der Waals surface area contributed by atoms with Crippen molar-refractivity contribution in [2.45, 2.75) is 33.7 Å². The Labute approximate surface area is 117 Å². The second kappa shape index (κ2) is 5.72.